The predicted octanol–water partition coefficient (Wildman–Crippen LogP) is 2.28. The van der Waals surface area contributed by atoms with Crippen molar-refractivity contribution in [2.45, 2.75) is 50.9 Å². The van der Waals surface area contributed by atoms with Crippen molar-refractivity contribution in [2.75, 3.05) is 34.2 Å². The molecule has 1 aliphatic carbocycles. The van der Waals surface area contributed by atoms with E-state index in [0.717, 1.165) is 25.9 Å². The SMILES string of the molecule is CN(C)CC(=O)NCc1cccc2c1C[C@H](CN(C)[C@H]1CCCc3cccnc31)NC2. The number of aromatic nitrogens is 1. The van der Waals surface area contributed by atoms with Crippen molar-refractivity contribution in [3.8, 4) is 0 Å². The van der Waals surface area contributed by atoms with E-state index in [1.165, 1.54) is 40.8 Å². The highest BCUT2D eigenvalue weighted by atomic mass is 16.2. The number of amides is 1. The molecule has 0 unspecified atom stereocenters. The van der Waals surface area contributed by atoms with Crippen molar-refractivity contribution >= 4 is 5.91 Å². The van der Waals surface area contributed by atoms with Crippen LogP contribution in [0.15, 0.2) is 36.5 Å². The van der Waals surface area contributed by atoms with Gasteiger partial charge in [0.1, 0.15) is 0 Å². The summed E-state index contributed by atoms with van der Waals surface area (Å²) < 4.78 is 0. The number of likely N-dealkylation sites (N-methyl/N-ethyl adjacent to an activating group) is 2. The van der Waals surface area contributed by atoms with Crippen molar-refractivity contribution in [2.24, 2.45) is 0 Å². The second-order valence-electron chi connectivity index (χ2n) is 9.25. The van der Waals surface area contributed by atoms with E-state index in [2.05, 4.69) is 52.9 Å². The van der Waals surface area contributed by atoms with E-state index in [9.17, 15) is 4.79 Å². The summed E-state index contributed by atoms with van der Waals surface area (Å²) in [5.41, 5.74) is 6.65. The molecule has 1 aromatic heterocycles. The Kier molecular flexibility index (Phi) is 7.00. The van der Waals surface area contributed by atoms with Gasteiger partial charge in [0.2, 0.25) is 5.91 Å². The van der Waals surface area contributed by atoms with Crippen LogP contribution >= 0.6 is 0 Å². The molecule has 1 aromatic carbocycles. The monoisotopic (exact) mass is 421 g/mol. The van der Waals surface area contributed by atoms with Crippen LogP contribution in [0.5, 0.6) is 0 Å². The van der Waals surface area contributed by atoms with Crippen LogP contribution in [0.3, 0.4) is 0 Å². The first-order valence-corrected chi connectivity index (χ1v) is 11.4. The molecule has 0 saturated carbocycles. The summed E-state index contributed by atoms with van der Waals surface area (Å²) in [5, 5.41) is 6.81. The highest BCUT2D eigenvalue weighted by Gasteiger charge is 2.28. The van der Waals surface area contributed by atoms with Gasteiger partial charge < -0.3 is 15.5 Å². The van der Waals surface area contributed by atoms with Crippen molar-refractivity contribution < 1.29 is 4.79 Å². The summed E-state index contributed by atoms with van der Waals surface area (Å²) in [5.74, 6) is 0.0660. The minimum absolute atomic E-state index is 0.0660. The van der Waals surface area contributed by atoms with Gasteiger partial charge in [0, 0.05) is 31.9 Å². The number of hydrogen-bond acceptors (Lipinski definition) is 5. The summed E-state index contributed by atoms with van der Waals surface area (Å²) >= 11 is 0. The van der Waals surface area contributed by atoms with Gasteiger partial charge in [-0.2, -0.15) is 0 Å². The van der Waals surface area contributed by atoms with Gasteiger partial charge in [-0.15, -0.1) is 0 Å². The highest BCUT2D eigenvalue weighted by molar-refractivity contribution is 5.78. The number of aryl methyl sites for hydroxylation is 1. The minimum atomic E-state index is 0.0660. The van der Waals surface area contributed by atoms with Gasteiger partial charge in [-0.05, 0) is 75.1 Å². The molecule has 1 amide bonds. The zero-order chi connectivity index (χ0) is 21.8. The molecule has 2 N–H and O–H groups in total. The Morgan fingerprint density at radius 1 is 1.19 bits per heavy atom. The first-order valence-electron chi connectivity index (χ1n) is 11.4. The quantitative estimate of drug-likeness (QED) is 0.718. The number of carbonyl (C=O) groups excluding carboxylic acids is 1. The van der Waals surface area contributed by atoms with Crippen LogP contribution in [0.2, 0.25) is 0 Å². The lowest BCUT2D eigenvalue weighted by molar-refractivity contribution is -0.121. The lowest BCUT2D eigenvalue weighted by atomic mass is 9.89. The number of fused-ring (bicyclic) bond motifs is 2. The highest BCUT2D eigenvalue weighted by Crippen LogP contribution is 2.32. The maximum Gasteiger partial charge on any atom is 0.234 e. The number of nitrogens with zero attached hydrogens (tertiary/aromatic N) is 3. The summed E-state index contributed by atoms with van der Waals surface area (Å²) in [6.45, 7) is 2.88. The van der Waals surface area contributed by atoms with Gasteiger partial charge in [0.25, 0.3) is 0 Å². The van der Waals surface area contributed by atoms with E-state index in [1.54, 1.807) is 0 Å². The second kappa shape index (κ2) is 9.90. The molecule has 6 heteroatoms. The number of benzene rings is 1. The topological polar surface area (TPSA) is 60.5 Å². The van der Waals surface area contributed by atoms with Crippen molar-refractivity contribution in [3.63, 3.8) is 0 Å². The fourth-order valence-corrected chi connectivity index (χ4v) is 5.01. The predicted molar refractivity (Wildman–Crippen MR) is 124 cm³/mol. The Labute approximate surface area is 186 Å². The molecule has 4 rings (SSSR count). The minimum Gasteiger partial charge on any atom is -0.351 e. The number of nitrogens with one attached hydrogen (secondary N) is 2. The molecule has 2 aromatic rings. The van der Waals surface area contributed by atoms with Crippen LogP contribution in [0.25, 0.3) is 0 Å². The summed E-state index contributed by atoms with van der Waals surface area (Å²) in [6, 6.07) is 11.5. The Morgan fingerprint density at radius 3 is 2.87 bits per heavy atom. The van der Waals surface area contributed by atoms with Gasteiger partial charge in [-0.1, -0.05) is 24.3 Å². The molecule has 1 aliphatic heterocycles. The van der Waals surface area contributed by atoms with E-state index < -0.39 is 0 Å². The number of rotatable bonds is 7. The molecular weight excluding hydrogens is 386 g/mol. The molecule has 2 atom stereocenters. The van der Waals surface area contributed by atoms with Crippen molar-refractivity contribution in [1.82, 2.24) is 25.4 Å². The fourth-order valence-electron chi connectivity index (χ4n) is 5.01. The van der Waals surface area contributed by atoms with Crippen molar-refractivity contribution in [1.29, 1.82) is 0 Å². The van der Waals surface area contributed by atoms with E-state index in [0.29, 0.717) is 25.2 Å². The summed E-state index contributed by atoms with van der Waals surface area (Å²) in [4.78, 5) is 21.2. The molecule has 166 valence electrons. The van der Waals surface area contributed by atoms with E-state index in [4.69, 9.17) is 4.98 Å². The third-order valence-electron chi connectivity index (χ3n) is 6.54. The Morgan fingerprint density at radius 2 is 2.03 bits per heavy atom. The van der Waals surface area contributed by atoms with E-state index in [-0.39, 0.29) is 5.91 Å². The molecule has 0 spiro atoms. The van der Waals surface area contributed by atoms with Gasteiger partial charge >= 0.3 is 0 Å². The van der Waals surface area contributed by atoms with Gasteiger partial charge in [-0.3, -0.25) is 14.7 Å². The van der Waals surface area contributed by atoms with Crippen LogP contribution in [-0.2, 0) is 30.7 Å². The zero-order valence-electron chi connectivity index (χ0n) is 19.0. The third-order valence-corrected chi connectivity index (χ3v) is 6.54. The standard InChI is InChI=1S/C25H35N5O/c1-29(2)17-24(31)28-15-20-9-4-8-19-14-27-21(13-22(19)20)16-30(3)23-11-5-7-18-10-6-12-26-25(18)23/h4,6,8-10,12,21,23,27H,5,7,11,13-17H2,1-3H3,(H,28,31)/t21-,23+/m1/s1. The van der Waals surface area contributed by atoms with Crippen LogP contribution in [0.1, 0.15) is 46.8 Å². The van der Waals surface area contributed by atoms with E-state index in [1.807, 2.05) is 25.2 Å². The van der Waals surface area contributed by atoms with Crippen LogP contribution in [0, 0.1) is 0 Å². The largest absolute Gasteiger partial charge is 0.351 e. The maximum absolute atomic E-state index is 12.1. The summed E-state index contributed by atoms with van der Waals surface area (Å²) in [7, 11) is 6.06. The first-order chi connectivity index (χ1) is 15.0. The Hall–Kier alpha value is -2.28. The molecule has 0 bridgehead atoms. The summed E-state index contributed by atoms with van der Waals surface area (Å²) in [6.07, 6.45) is 6.46. The zero-order valence-corrected chi connectivity index (χ0v) is 19.0. The molecular formula is C25H35N5O. The van der Waals surface area contributed by atoms with Crippen molar-refractivity contribution in [3.05, 3.63) is 64.5 Å². The van der Waals surface area contributed by atoms with E-state index >= 15 is 0 Å². The smallest absolute Gasteiger partial charge is 0.234 e. The Bertz CT molecular complexity index is 913. The molecule has 0 saturated heterocycles. The van der Waals surface area contributed by atoms with Crippen LogP contribution in [0.4, 0.5) is 0 Å². The third kappa shape index (κ3) is 5.32. The van der Waals surface area contributed by atoms with Gasteiger partial charge in [0.05, 0.1) is 18.3 Å². The molecule has 0 fully saturated rings. The fraction of sp³-hybridized carbons (Fsp3) is 0.520. The normalized spacial score (nSPS) is 20.4. The first kappa shape index (κ1) is 21.9. The average molecular weight is 422 g/mol. The molecule has 0 radical (unpaired) electrons. The number of carbonyl (C=O) groups is 1. The molecule has 2 heterocycles. The number of pyridine rings is 1. The Balaban J connectivity index is 1.41. The second-order valence-corrected chi connectivity index (χ2v) is 9.25. The van der Waals surface area contributed by atoms with Crippen LogP contribution in [-0.4, -0.2) is 61.0 Å². The van der Waals surface area contributed by atoms with Gasteiger partial charge in [-0.25, -0.2) is 0 Å². The van der Waals surface area contributed by atoms with Crippen LogP contribution < -0.4 is 10.6 Å². The molecule has 2 aliphatic rings. The molecule has 6 nitrogen and oxygen atoms in total. The average Bonchev–Trinajstić information content (AvgIpc) is 2.76. The lowest BCUT2D eigenvalue weighted by Crippen LogP contribution is -2.45. The van der Waals surface area contributed by atoms with Gasteiger partial charge in [0.15, 0.2) is 0 Å². The molecule has 31 heavy (non-hydrogen) atoms. The number of hydrogen-bond donors (Lipinski definition) is 2. The lowest BCUT2D eigenvalue weighted by Gasteiger charge is -2.36. The maximum atomic E-state index is 12.1.